The van der Waals surface area contributed by atoms with Crippen molar-refractivity contribution in [2.75, 3.05) is 58.5 Å². The van der Waals surface area contributed by atoms with Crippen molar-refractivity contribution in [2.45, 2.75) is 101 Å². The molecule has 5 rings (SSSR count). The molecule has 1 amide bonds. The topological polar surface area (TPSA) is 139 Å². The van der Waals surface area contributed by atoms with Gasteiger partial charge in [-0.15, -0.1) is 0 Å². The number of thiol groups is 1. The van der Waals surface area contributed by atoms with Gasteiger partial charge in [-0.3, -0.25) is 9.78 Å². The average molecular weight is 976 g/mol. The maximum absolute atomic E-state index is 13.0. The average Bonchev–Trinajstić information content (AvgIpc) is 3.25. The second kappa shape index (κ2) is 26.7. The van der Waals surface area contributed by atoms with Crippen molar-refractivity contribution in [1.82, 2.24) is 14.6 Å². The summed E-state index contributed by atoms with van der Waals surface area (Å²) in [4.78, 5) is 16.1. The zero-order chi connectivity index (χ0) is 47.5. The number of aromatic hydroxyl groups is 1. The number of phenolic OH excluding ortho intramolecular Hbond substituents is 1. The summed E-state index contributed by atoms with van der Waals surface area (Å²) in [5.41, 5.74) is -1.97. The number of carbonyl (C=O) groups is 1. The highest BCUT2D eigenvalue weighted by Gasteiger charge is 2.50. The van der Waals surface area contributed by atoms with Crippen molar-refractivity contribution in [2.24, 2.45) is 0 Å². The van der Waals surface area contributed by atoms with Crippen molar-refractivity contribution >= 4 is 68.4 Å². The number of nitrogens with zero attached hydrogens (tertiary/aromatic N) is 2. The Morgan fingerprint density at radius 1 is 0.938 bits per heavy atom. The molecule has 356 valence electrons. The molecule has 0 aliphatic carbocycles. The fourth-order valence-corrected chi connectivity index (χ4v) is 8.11. The van der Waals surface area contributed by atoms with Gasteiger partial charge >= 0.3 is 15.5 Å². The first-order valence-electron chi connectivity index (χ1n) is 21.4. The quantitative estimate of drug-likeness (QED) is 0.0387. The number of phenols is 1. The number of alkyl halides is 3. The largest absolute Gasteiger partial charge is 0.511 e. The third-order valence-corrected chi connectivity index (χ3v) is 12.6. The Bertz CT molecular complexity index is 2080. The van der Waals surface area contributed by atoms with E-state index in [-0.39, 0.29) is 55.1 Å². The molecule has 1 aliphatic heterocycles. The first-order chi connectivity index (χ1) is 30.3. The van der Waals surface area contributed by atoms with E-state index in [0.29, 0.717) is 82.0 Å². The number of ether oxygens (including phenoxy) is 3. The lowest BCUT2D eigenvalue weighted by molar-refractivity contribution is -0.123. The van der Waals surface area contributed by atoms with Crippen molar-refractivity contribution in [3.05, 3.63) is 99.7 Å². The highest BCUT2D eigenvalue weighted by atomic mass is 35.5. The predicted octanol–water partition coefficient (Wildman–Crippen LogP) is 10.6. The molecule has 2 heterocycles. The van der Waals surface area contributed by atoms with E-state index in [1.807, 2.05) is 65.0 Å². The first kappa shape index (κ1) is 55.0. The van der Waals surface area contributed by atoms with Crippen LogP contribution in [0.5, 0.6) is 5.75 Å². The Morgan fingerprint density at radius 2 is 1.53 bits per heavy atom. The van der Waals surface area contributed by atoms with Gasteiger partial charge in [0.05, 0.1) is 18.8 Å². The van der Waals surface area contributed by atoms with Crippen LogP contribution in [-0.4, -0.2) is 104 Å². The van der Waals surface area contributed by atoms with Crippen LogP contribution in [0.4, 0.5) is 18.9 Å². The number of rotatable bonds is 20. The van der Waals surface area contributed by atoms with Crippen LogP contribution >= 0.6 is 35.8 Å². The lowest BCUT2D eigenvalue weighted by atomic mass is 9.84. The Morgan fingerprint density at radius 3 is 2.08 bits per heavy atom. The highest BCUT2D eigenvalue weighted by Crippen LogP contribution is 2.39. The third kappa shape index (κ3) is 17.5. The summed E-state index contributed by atoms with van der Waals surface area (Å²) < 4.78 is 79.0. The van der Waals surface area contributed by atoms with E-state index in [1.165, 1.54) is 6.20 Å². The molecule has 3 aromatic carbocycles. The van der Waals surface area contributed by atoms with E-state index in [1.54, 1.807) is 43.5 Å². The summed E-state index contributed by atoms with van der Waals surface area (Å²) >= 11 is 16.6. The summed E-state index contributed by atoms with van der Waals surface area (Å²) in [5, 5.41) is 19.4. The van der Waals surface area contributed by atoms with Gasteiger partial charge in [0.2, 0.25) is 5.91 Å². The van der Waals surface area contributed by atoms with Gasteiger partial charge in [-0.2, -0.15) is 30.1 Å². The monoisotopic (exact) mass is 974 g/mol. The van der Waals surface area contributed by atoms with E-state index < -0.39 is 15.5 Å². The maximum atomic E-state index is 13.0. The Hall–Kier alpha value is -3.35. The molecule has 1 unspecified atom stereocenters. The number of piperidine rings is 1. The third-order valence-electron chi connectivity index (χ3n) is 10.2. The molecular weight excluding hydrogens is 913 g/mol. The van der Waals surface area contributed by atoms with Crippen molar-refractivity contribution < 1.29 is 45.7 Å². The molecule has 0 radical (unpaired) electrons. The Labute approximate surface area is 392 Å². The van der Waals surface area contributed by atoms with Gasteiger partial charge < -0.3 is 30.0 Å². The fraction of sp³-hybridized carbons (Fsp3) is 0.522. The summed E-state index contributed by atoms with van der Waals surface area (Å²) in [5.74, 6) is -0.250. The number of pyridine rings is 1. The van der Waals surface area contributed by atoms with Gasteiger partial charge in [-0.1, -0.05) is 68.2 Å². The Balaban J connectivity index is 0.000000388. The molecule has 18 heteroatoms. The summed E-state index contributed by atoms with van der Waals surface area (Å²) in [7, 11) is -3.72. The van der Waals surface area contributed by atoms with Crippen LogP contribution in [0.25, 0.3) is 10.9 Å². The number of hydrogen-bond donors (Lipinski definition) is 4. The fourth-order valence-electron chi connectivity index (χ4n) is 6.77. The number of fused-ring (bicyclic) bond motifs is 1. The Kier molecular flexibility index (Phi) is 22.9. The molecule has 1 aliphatic rings. The molecule has 1 atom stereocenters. The van der Waals surface area contributed by atoms with Crippen LogP contribution in [0, 0.1) is 0 Å². The zero-order valence-corrected chi connectivity index (χ0v) is 40.6. The van der Waals surface area contributed by atoms with E-state index in [9.17, 15) is 31.5 Å². The van der Waals surface area contributed by atoms with E-state index >= 15 is 0 Å². The van der Waals surface area contributed by atoms with Gasteiger partial charge in [0, 0.05) is 90.9 Å². The standard InChI is InChI=1S/C28H24Cl2F3N3O3S.C16H33NO4S.C2H6/c29-20-5-1-17(2-6-20)26(18-3-7-21(30)8-4-18)19-15-23-24(9-12-34-27(23)25(37)16-19)35-22-10-13-36(14-11-22)40(38,39)28(31,32)33;1-14(22)7-11-21-16(2,3)8-6-15(18)17-9-5-10-20-13-12-19-4;1-2/h1-9,12,15-16,22,26,37H,10-11,13-14H2,(H,34,35);14,22H,5-13H2,1-4H3,(H,17,18);1-2H3. The normalized spacial score (nSPS) is 14.3. The molecular formula is C46H63Cl2F3N4O7S2. The summed E-state index contributed by atoms with van der Waals surface area (Å²) in [6, 6.07) is 19.8. The number of halogens is 5. The molecule has 1 aromatic heterocycles. The summed E-state index contributed by atoms with van der Waals surface area (Å²) in [6.07, 6.45) is 4.82. The SMILES string of the molecule is CC.COCCOCCCNC(=O)CCC(C)(C)OCCC(C)S.O=S(=O)(N1CCC(Nc2ccnc3c(O)cc(C(c4ccc(Cl)cc4)c4ccc(Cl)cc4)cc23)CC1)C(F)(F)F. The maximum Gasteiger partial charge on any atom is 0.511 e. The second-order valence-electron chi connectivity index (χ2n) is 15.7. The lowest BCUT2D eigenvalue weighted by Crippen LogP contribution is -2.47. The van der Waals surface area contributed by atoms with Crippen molar-refractivity contribution in [3.8, 4) is 5.75 Å². The van der Waals surface area contributed by atoms with Crippen molar-refractivity contribution in [1.29, 1.82) is 0 Å². The lowest BCUT2D eigenvalue weighted by Gasteiger charge is -2.32. The number of sulfonamides is 1. The number of carbonyl (C=O) groups excluding carboxylic acids is 1. The minimum atomic E-state index is -5.36. The number of amides is 1. The minimum absolute atomic E-state index is 0.0323. The van der Waals surface area contributed by atoms with Crippen LogP contribution in [0.15, 0.2) is 72.9 Å². The van der Waals surface area contributed by atoms with Crippen LogP contribution in [0.2, 0.25) is 10.0 Å². The number of methoxy groups -OCH3 is 1. The predicted molar refractivity (Wildman–Crippen MR) is 254 cm³/mol. The minimum Gasteiger partial charge on any atom is -0.506 e. The molecule has 0 bridgehead atoms. The van der Waals surface area contributed by atoms with Crippen LogP contribution in [0.3, 0.4) is 0 Å². The smallest absolute Gasteiger partial charge is 0.506 e. The number of aromatic nitrogens is 1. The second-order valence-corrected chi connectivity index (χ2v) is 19.3. The summed E-state index contributed by atoms with van der Waals surface area (Å²) in [6.45, 7) is 12.7. The van der Waals surface area contributed by atoms with Crippen LogP contribution < -0.4 is 10.6 Å². The van der Waals surface area contributed by atoms with Gasteiger partial charge in [0.1, 0.15) is 11.3 Å². The molecule has 0 spiro atoms. The van der Waals surface area contributed by atoms with Gasteiger partial charge in [0.15, 0.2) is 0 Å². The molecule has 0 saturated carbocycles. The number of nitrogens with one attached hydrogen (secondary N) is 2. The first-order valence-corrected chi connectivity index (χ1v) is 24.1. The zero-order valence-electron chi connectivity index (χ0n) is 37.4. The van der Waals surface area contributed by atoms with Crippen LogP contribution in [0.1, 0.15) is 95.8 Å². The molecule has 11 nitrogen and oxygen atoms in total. The van der Waals surface area contributed by atoms with Crippen molar-refractivity contribution in [3.63, 3.8) is 0 Å². The van der Waals surface area contributed by atoms with Gasteiger partial charge in [0.25, 0.3) is 0 Å². The number of hydrogen-bond acceptors (Lipinski definition) is 10. The molecule has 1 fully saturated rings. The molecule has 1 saturated heterocycles. The number of anilines is 1. The van der Waals surface area contributed by atoms with Crippen LogP contribution in [-0.2, 0) is 29.0 Å². The van der Waals surface area contributed by atoms with E-state index in [0.717, 1.165) is 29.5 Å². The molecule has 64 heavy (non-hydrogen) atoms. The highest BCUT2D eigenvalue weighted by molar-refractivity contribution is 7.90. The van der Waals surface area contributed by atoms with E-state index in [4.69, 9.17) is 37.4 Å². The number of benzene rings is 3. The van der Waals surface area contributed by atoms with Gasteiger partial charge in [-0.05, 0) is 105 Å². The molecule has 4 aromatic rings. The van der Waals surface area contributed by atoms with Gasteiger partial charge in [-0.25, -0.2) is 8.42 Å². The molecule has 3 N–H and O–H groups in total. The van der Waals surface area contributed by atoms with E-state index in [2.05, 4.69) is 28.2 Å².